The van der Waals surface area contributed by atoms with E-state index in [1.165, 1.54) is 11.1 Å². The molecule has 0 radical (unpaired) electrons. The maximum absolute atomic E-state index is 5.93. The van der Waals surface area contributed by atoms with Crippen molar-refractivity contribution in [3.8, 4) is 11.1 Å². The number of benzene rings is 2. The van der Waals surface area contributed by atoms with Gasteiger partial charge in [-0.1, -0.05) is 67.2 Å². The van der Waals surface area contributed by atoms with Crippen molar-refractivity contribution >= 4 is 43.5 Å². The second-order valence-electron chi connectivity index (χ2n) is 3.61. The zero-order chi connectivity index (χ0) is 11.7. The average Bonchev–Trinajstić information content (AvgIpc) is 2.22. The van der Waals surface area contributed by atoms with Gasteiger partial charge < -0.3 is 0 Å². The molecule has 0 aliphatic carbocycles. The Kier molecular flexibility index (Phi) is 3.73. The molecule has 16 heavy (non-hydrogen) atoms. The molecular weight excluding hydrogens is 351 g/mol. The third-order valence-corrected chi connectivity index (χ3v) is 3.93. The van der Waals surface area contributed by atoms with Gasteiger partial charge in [-0.2, -0.15) is 0 Å². The Morgan fingerprint density at radius 3 is 2.31 bits per heavy atom. The summed E-state index contributed by atoms with van der Waals surface area (Å²) in [6.07, 6.45) is 0. The fraction of sp³-hybridized carbons (Fsp3) is 0.0769. The first-order valence-electron chi connectivity index (χ1n) is 4.79. The molecule has 0 heterocycles. The monoisotopic (exact) mass is 358 g/mol. The van der Waals surface area contributed by atoms with Crippen LogP contribution in [0.4, 0.5) is 0 Å². The maximum atomic E-state index is 5.93. The summed E-state index contributed by atoms with van der Waals surface area (Å²) in [4.78, 5) is 0. The molecule has 0 fully saturated rings. The van der Waals surface area contributed by atoms with E-state index in [1.807, 2.05) is 18.2 Å². The maximum Gasteiger partial charge on any atom is 0.0417 e. The summed E-state index contributed by atoms with van der Waals surface area (Å²) in [5.41, 5.74) is 3.54. The van der Waals surface area contributed by atoms with Crippen molar-refractivity contribution in [3.63, 3.8) is 0 Å². The van der Waals surface area contributed by atoms with Gasteiger partial charge in [-0.25, -0.2) is 0 Å². The van der Waals surface area contributed by atoms with E-state index in [0.29, 0.717) is 0 Å². The molecule has 82 valence electrons. The highest BCUT2D eigenvalue weighted by atomic mass is 79.9. The normalized spacial score (nSPS) is 10.5. The molecule has 0 unspecified atom stereocenters. The summed E-state index contributed by atoms with van der Waals surface area (Å²) in [5, 5.41) is 0.736. The van der Waals surface area contributed by atoms with Crippen LogP contribution in [0.25, 0.3) is 11.1 Å². The fourth-order valence-corrected chi connectivity index (χ4v) is 2.91. The van der Waals surface area contributed by atoms with E-state index in [1.54, 1.807) is 0 Å². The van der Waals surface area contributed by atoms with E-state index < -0.39 is 0 Å². The molecule has 0 spiro atoms. The zero-order valence-electron chi connectivity index (χ0n) is 8.60. The summed E-state index contributed by atoms with van der Waals surface area (Å²) >= 11 is 13.0. The molecule has 0 N–H and O–H groups in total. The van der Waals surface area contributed by atoms with Gasteiger partial charge in [0, 0.05) is 14.0 Å². The Morgan fingerprint density at radius 2 is 1.62 bits per heavy atom. The fourth-order valence-electron chi connectivity index (χ4n) is 1.55. The van der Waals surface area contributed by atoms with Crippen LogP contribution in [0.5, 0.6) is 0 Å². The summed E-state index contributed by atoms with van der Waals surface area (Å²) in [6.45, 7) is 2.08. The molecule has 0 aliphatic heterocycles. The van der Waals surface area contributed by atoms with Crippen molar-refractivity contribution in [3.05, 3.63) is 55.9 Å². The predicted molar refractivity (Wildman–Crippen MR) is 77.0 cm³/mol. The van der Waals surface area contributed by atoms with Crippen LogP contribution in [0.15, 0.2) is 45.3 Å². The number of rotatable bonds is 1. The largest absolute Gasteiger partial charge is 0.0843 e. The molecule has 3 heteroatoms. The second kappa shape index (κ2) is 4.91. The van der Waals surface area contributed by atoms with Gasteiger partial charge in [0.25, 0.3) is 0 Å². The number of hydrogen-bond acceptors (Lipinski definition) is 0. The molecule has 0 bridgehead atoms. The Labute approximate surface area is 117 Å². The summed E-state index contributed by atoms with van der Waals surface area (Å²) in [6, 6.07) is 12.1. The second-order valence-corrected chi connectivity index (χ2v) is 5.75. The van der Waals surface area contributed by atoms with Gasteiger partial charge in [0.1, 0.15) is 0 Å². The first-order chi connectivity index (χ1) is 7.58. The minimum absolute atomic E-state index is 0.736. The smallest absolute Gasteiger partial charge is 0.0417 e. The van der Waals surface area contributed by atoms with Gasteiger partial charge in [-0.15, -0.1) is 0 Å². The predicted octanol–water partition coefficient (Wildman–Crippen LogP) is 5.84. The van der Waals surface area contributed by atoms with Crippen LogP contribution in [0.2, 0.25) is 5.02 Å². The molecule has 0 saturated heterocycles. The van der Waals surface area contributed by atoms with Gasteiger partial charge >= 0.3 is 0 Å². The van der Waals surface area contributed by atoms with E-state index in [-0.39, 0.29) is 0 Å². The molecule has 2 rings (SSSR count). The van der Waals surface area contributed by atoms with Crippen molar-refractivity contribution in [2.75, 3.05) is 0 Å². The molecule has 0 aromatic heterocycles. The highest BCUT2D eigenvalue weighted by Crippen LogP contribution is 2.35. The lowest BCUT2D eigenvalue weighted by Gasteiger charge is -2.08. The first kappa shape index (κ1) is 12.2. The molecule has 0 nitrogen and oxygen atoms in total. The van der Waals surface area contributed by atoms with E-state index in [0.717, 1.165) is 19.5 Å². The third kappa shape index (κ3) is 2.50. The van der Waals surface area contributed by atoms with Crippen molar-refractivity contribution in [2.45, 2.75) is 6.92 Å². The first-order valence-corrected chi connectivity index (χ1v) is 6.76. The standard InChI is InChI=1S/C13H9Br2Cl/c1-8-2-5-12(14)11(6-8)10-4-3-9(16)7-13(10)15/h2-7H,1H3. The van der Waals surface area contributed by atoms with Crippen molar-refractivity contribution in [1.29, 1.82) is 0 Å². The minimum Gasteiger partial charge on any atom is -0.0843 e. The Balaban J connectivity index is 2.62. The molecule has 0 saturated carbocycles. The van der Waals surface area contributed by atoms with E-state index in [2.05, 4.69) is 57.0 Å². The van der Waals surface area contributed by atoms with Gasteiger partial charge in [0.05, 0.1) is 0 Å². The Hall–Kier alpha value is -0.310. The van der Waals surface area contributed by atoms with Crippen LogP contribution in [-0.2, 0) is 0 Å². The van der Waals surface area contributed by atoms with E-state index >= 15 is 0 Å². The average molecular weight is 360 g/mol. The topological polar surface area (TPSA) is 0 Å². The van der Waals surface area contributed by atoms with Crippen molar-refractivity contribution in [2.24, 2.45) is 0 Å². The molecule has 2 aromatic rings. The van der Waals surface area contributed by atoms with Crippen LogP contribution in [0, 0.1) is 6.92 Å². The molecular formula is C13H9Br2Cl. The van der Waals surface area contributed by atoms with Crippen LogP contribution >= 0.6 is 43.5 Å². The molecule has 2 aromatic carbocycles. The van der Waals surface area contributed by atoms with Crippen LogP contribution in [0.3, 0.4) is 0 Å². The Bertz CT molecular complexity index is 535. The van der Waals surface area contributed by atoms with E-state index in [9.17, 15) is 0 Å². The van der Waals surface area contributed by atoms with Gasteiger partial charge in [0.2, 0.25) is 0 Å². The highest BCUT2D eigenvalue weighted by Gasteiger charge is 2.07. The Morgan fingerprint density at radius 1 is 0.875 bits per heavy atom. The lowest BCUT2D eigenvalue weighted by molar-refractivity contribution is 1.44. The molecule has 0 atom stereocenters. The number of halogens is 3. The quantitative estimate of drug-likeness (QED) is 0.599. The van der Waals surface area contributed by atoms with Crippen LogP contribution in [0.1, 0.15) is 5.56 Å². The van der Waals surface area contributed by atoms with Gasteiger partial charge in [-0.05, 0) is 36.2 Å². The van der Waals surface area contributed by atoms with Gasteiger partial charge in [0.15, 0.2) is 0 Å². The lowest BCUT2D eigenvalue weighted by Crippen LogP contribution is -1.83. The van der Waals surface area contributed by atoms with Crippen molar-refractivity contribution < 1.29 is 0 Å². The third-order valence-electron chi connectivity index (χ3n) is 2.34. The van der Waals surface area contributed by atoms with Crippen LogP contribution < -0.4 is 0 Å². The SMILES string of the molecule is Cc1ccc(Br)c(-c2ccc(Cl)cc2Br)c1. The minimum atomic E-state index is 0.736. The van der Waals surface area contributed by atoms with Crippen LogP contribution in [-0.4, -0.2) is 0 Å². The number of hydrogen-bond donors (Lipinski definition) is 0. The zero-order valence-corrected chi connectivity index (χ0v) is 12.5. The van der Waals surface area contributed by atoms with Gasteiger partial charge in [-0.3, -0.25) is 0 Å². The summed E-state index contributed by atoms with van der Waals surface area (Å²) in [5.74, 6) is 0. The lowest BCUT2D eigenvalue weighted by atomic mass is 10.0. The summed E-state index contributed by atoms with van der Waals surface area (Å²) < 4.78 is 2.09. The van der Waals surface area contributed by atoms with E-state index in [4.69, 9.17) is 11.6 Å². The summed E-state index contributed by atoms with van der Waals surface area (Å²) in [7, 11) is 0. The van der Waals surface area contributed by atoms with Crippen molar-refractivity contribution in [1.82, 2.24) is 0 Å². The molecule has 0 aliphatic rings. The number of aryl methyl sites for hydroxylation is 1. The molecule has 0 amide bonds. The highest BCUT2D eigenvalue weighted by molar-refractivity contribution is 9.11.